The maximum absolute atomic E-state index is 13.0. The van der Waals surface area contributed by atoms with Gasteiger partial charge in [-0.25, -0.2) is 4.98 Å². The molecule has 0 unspecified atom stereocenters. The number of hydrogen-bond donors (Lipinski definition) is 1. The Labute approximate surface area is 179 Å². The van der Waals surface area contributed by atoms with Crippen molar-refractivity contribution in [3.63, 3.8) is 0 Å². The van der Waals surface area contributed by atoms with Gasteiger partial charge in [0.1, 0.15) is 18.0 Å². The summed E-state index contributed by atoms with van der Waals surface area (Å²) in [6, 6.07) is 8.46. The number of nitrogens with two attached hydrogens (primary N) is 1. The fourth-order valence-electron chi connectivity index (χ4n) is 3.34. The second kappa shape index (κ2) is 9.32. The van der Waals surface area contributed by atoms with Gasteiger partial charge in [0.25, 0.3) is 5.91 Å². The lowest BCUT2D eigenvalue weighted by atomic mass is 9.97. The van der Waals surface area contributed by atoms with Gasteiger partial charge in [-0.3, -0.25) is 9.59 Å². The molecular weight excluding hydrogens is 410 g/mol. The summed E-state index contributed by atoms with van der Waals surface area (Å²) < 4.78 is 16.9. The van der Waals surface area contributed by atoms with Crippen molar-refractivity contribution in [1.29, 1.82) is 0 Å². The van der Waals surface area contributed by atoms with Gasteiger partial charge < -0.3 is 24.8 Å². The highest BCUT2D eigenvalue weighted by Gasteiger charge is 2.41. The molecule has 160 valence electrons. The third kappa shape index (κ3) is 5.20. The maximum Gasteiger partial charge on any atom is 0.254 e. The minimum absolute atomic E-state index is 0.0560. The monoisotopic (exact) mass is 433 g/mol. The Morgan fingerprint density at radius 2 is 2.13 bits per heavy atom. The number of halogens is 1. The second-order valence-electron chi connectivity index (χ2n) is 7.19. The molecule has 1 aromatic carbocycles. The van der Waals surface area contributed by atoms with Crippen molar-refractivity contribution in [2.75, 3.05) is 33.4 Å². The van der Waals surface area contributed by atoms with Crippen LogP contribution in [0, 0.1) is 6.92 Å². The molecule has 2 aromatic rings. The summed E-state index contributed by atoms with van der Waals surface area (Å²) >= 11 is 6.06. The van der Waals surface area contributed by atoms with Gasteiger partial charge >= 0.3 is 0 Å². The Bertz CT molecular complexity index is 939. The summed E-state index contributed by atoms with van der Waals surface area (Å²) in [6.07, 6.45) is 1.43. The SMILES string of the molecule is COc1cc(C(=O)N2CCO[C@](COc3ccc(Cl)c(C)c3)(CC(N)=O)C2)ccn1. The smallest absolute Gasteiger partial charge is 0.254 e. The van der Waals surface area contributed by atoms with E-state index in [0.717, 1.165) is 5.56 Å². The van der Waals surface area contributed by atoms with E-state index in [1.807, 2.05) is 6.92 Å². The molecule has 1 aliphatic rings. The standard InChI is InChI=1S/C21H24ClN3O5/c1-14-9-16(3-4-17(14)22)29-13-21(11-18(23)26)12-25(7-8-30-21)20(27)15-5-6-24-19(10-15)28-2/h3-6,9-10H,7-8,11-13H2,1-2H3,(H2,23,26)/t21-/m1/s1. The topological polar surface area (TPSA) is 104 Å². The average Bonchev–Trinajstić information content (AvgIpc) is 2.74. The number of benzene rings is 1. The summed E-state index contributed by atoms with van der Waals surface area (Å²) in [4.78, 5) is 30.4. The van der Waals surface area contributed by atoms with Crippen LogP contribution in [-0.4, -0.2) is 60.7 Å². The summed E-state index contributed by atoms with van der Waals surface area (Å²) in [7, 11) is 1.49. The number of carbonyl (C=O) groups is 2. The number of ether oxygens (including phenoxy) is 3. The lowest BCUT2D eigenvalue weighted by molar-refractivity contribution is -0.142. The van der Waals surface area contributed by atoms with E-state index in [4.69, 9.17) is 31.5 Å². The number of aryl methyl sites for hydroxylation is 1. The van der Waals surface area contributed by atoms with Gasteiger partial charge in [-0.15, -0.1) is 0 Å². The normalized spacial score (nSPS) is 18.7. The molecule has 1 aromatic heterocycles. The molecular formula is C21H24ClN3O5. The first-order valence-electron chi connectivity index (χ1n) is 9.42. The molecule has 1 atom stereocenters. The molecule has 30 heavy (non-hydrogen) atoms. The third-order valence-electron chi connectivity index (χ3n) is 4.85. The van der Waals surface area contributed by atoms with Crippen LogP contribution in [0.25, 0.3) is 0 Å². The van der Waals surface area contributed by atoms with Crippen LogP contribution in [0.15, 0.2) is 36.5 Å². The molecule has 3 rings (SSSR count). The summed E-state index contributed by atoms with van der Waals surface area (Å²) in [5.41, 5.74) is 5.72. The van der Waals surface area contributed by atoms with Crippen LogP contribution in [-0.2, 0) is 9.53 Å². The highest BCUT2D eigenvalue weighted by molar-refractivity contribution is 6.31. The van der Waals surface area contributed by atoms with Crippen molar-refractivity contribution in [3.05, 3.63) is 52.7 Å². The Balaban J connectivity index is 1.78. The Morgan fingerprint density at radius 3 is 2.83 bits per heavy atom. The zero-order valence-corrected chi connectivity index (χ0v) is 17.6. The summed E-state index contributed by atoms with van der Waals surface area (Å²) in [6.45, 7) is 2.72. The summed E-state index contributed by atoms with van der Waals surface area (Å²) in [5, 5.41) is 0.632. The van der Waals surface area contributed by atoms with Crippen LogP contribution in [0.2, 0.25) is 5.02 Å². The molecule has 2 heterocycles. The zero-order chi connectivity index (χ0) is 21.7. The molecule has 1 aliphatic heterocycles. The average molecular weight is 434 g/mol. The van der Waals surface area contributed by atoms with Crippen LogP contribution in [0.1, 0.15) is 22.3 Å². The predicted octanol–water partition coefficient (Wildman–Crippen LogP) is 2.22. The van der Waals surface area contributed by atoms with E-state index in [2.05, 4.69) is 4.98 Å². The van der Waals surface area contributed by atoms with E-state index < -0.39 is 11.5 Å². The van der Waals surface area contributed by atoms with E-state index in [1.165, 1.54) is 13.3 Å². The molecule has 0 bridgehead atoms. The first-order chi connectivity index (χ1) is 14.3. The van der Waals surface area contributed by atoms with Crippen LogP contribution in [0.4, 0.5) is 0 Å². The molecule has 0 radical (unpaired) electrons. The second-order valence-corrected chi connectivity index (χ2v) is 7.60. The van der Waals surface area contributed by atoms with Gasteiger partial charge in [-0.1, -0.05) is 11.6 Å². The van der Waals surface area contributed by atoms with Gasteiger partial charge in [0, 0.05) is 29.4 Å². The van der Waals surface area contributed by atoms with Gasteiger partial charge in [-0.2, -0.15) is 0 Å². The van der Waals surface area contributed by atoms with Crippen molar-refractivity contribution in [2.24, 2.45) is 5.73 Å². The fourth-order valence-corrected chi connectivity index (χ4v) is 3.46. The molecule has 0 spiro atoms. The number of primary amides is 1. The largest absolute Gasteiger partial charge is 0.490 e. The van der Waals surface area contributed by atoms with Crippen molar-refractivity contribution in [1.82, 2.24) is 9.88 Å². The van der Waals surface area contributed by atoms with Gasteiger partial charge in [0.2, 0.25) is 11.8 Å². The van der Waals surface area contributed by atoms with E-state index >= 15 is 0 Å². The number of aromatic nitrogens is 1. The van der Waals surface area contributed by atoms with Crippen LogP contribution >= 0.6 is 11.6 Å². The number of rotatable bonds is 7. The van der Waals surface area contributed by atoms with E-state index in [1.54, 1.807) is 35.2 Å². The molecule has 0 aliphatic carbocycles. The maximum atomic E-state index is 13.0. The molecule has 9 heteroatoms. The number of carbonyl (C=O) groups excluding carboxylic acids is 2. The van der Waals surface area contributed by atoms with Crippen LogP contribution in [0.5, 0.6) is 11.6 Å². The highest BCUT2D eigenvalue weighted by Crippen LogP contribution is 2.27. The number of morpholine rings is 1. The number of nitrogens with zero attached hydrogens (tertiary/aromatic N) is 2. The van der Waals surface area contributed by atoms with Crippen LogP contribution in [0.3, 0.4) is 0 Å². The summed E-state index contributed by atoms with van der Waals surface area (Å²) in [5.74, 6) is 0.187. The van der Waals surface area contributed by atoms with Gasteiger partial charge in [-0.05, 0) is 36.8 Å². The molecule has 0 saturated carbocycles. The third-order valence-corrected chi connectivity index (χ3v) is 5.28. The van der Waals surface area contributed by atoms with E-state index in [-0.39, 0.29) is 32.1 Å². The number of hydrogen-bond acceptors (Lipinski definition) is 6. The Kier molecular flexibility index (Phi) is 6.79. The van der Waals surface area contributed by atoms with E-state index in [0.29, 0.717) is 28.8 Å². The lowest BCUT2D eigenvalue weighted by Gasteiger charge is -2.42. The number of pyridine rings is 1. The van der Waals surface area contributed by atoms with Gasteiger partial charge in [0.15, 0.2) is 0 Å². The van der Waals surface area contributed by atoms with Crippen molar-refractivity contribution in [2.45, 2.75) is 18.9 Å². The minimum atomic E-state index is -1.05. The van der Waals surface area contributed by atoms with E-state index in [9.17, 15) is 9.59 Å². The molecule has 1 fully saturated rings. The quantitative estimate of drug-likeness (QED) is 0.718. The zero-order valence-electron chi connectivity index (χ0n) is 16.9. The highest BCUT2D eigenvalue weighted by atomic mass is 35.5. The molecule has 2 amide bonds. The van der Waals surface area contributed by atoms with Crippen LogP contribution < -0.4 is 15.2 Å². The van der Waals surface area contributed by atoms with Crippen molar-refractivity contribution >= 4 is 23.4 Å². The van der Waals surface area contributed by atoms with Gasteiger partial charge in [0.05, 0.1) is 26.7 Å². The van der Waals surface area contributed by atoms with Crippen molar-refractivity contribution < 1.29 is 23.8 Å². The first kappa shape index (κ1) is 21.9. The number of amides is 2. The molecule has 1 saturated heterocycles. The lowest BCUT2D eigenvalue weighted by Crippen LogP contribution is -2.58. The first-order valence-corrected chi connectivity index (χ1v) is 9.80. The number of methoxy groups -OCH3 is 1. The molecule has 8 nitrogen and oxygen atoms in total. The predicted molar refractivity (Wildman–Crippen MR) is 111 cm³/mol. The molecule has 2 N–H and O–H groups in total. The Morgan fingerprint density at radius 1 is 1.33 bits per heavy atom. The Hall–Kier alpha value is -2.84. The fraction of sp³-hybridized carbons (Fsp3) is 0.381. The minimum Gasteiger partial charge on any atom is -0.490 e. The van der Waals surface area contributed by atoms with Crippen molar-refractivity contribution in [3.8, 4) is 11.6 Å².